The van der Waals surface area contributed by atoms with Crippen molar-refractivity contribution in [2.24, 2.45) is 0 Å². The first kappa shape index (κ1) is 23.0. The van der Waals surface area contributed by atoms with Gasteiger partial charge < -0.3 is 34.5 Å². The number of aromatic hydroxyl groups is 1. The summed E-state index contributed by atoms with van der Waals surface area (Å²) in [5.74, 6) is 2.02. The first-order valence-corrected chi connectivity index (χ1v) is 10.5. The van der Waals surface area contributed by atoms with E-state index < -0.39 is 0 Å². The normalized spacial score (nSPS) is 10.8. The van der Waals surface area contributed by atoms with Crippen LogP contribution in [0.25, 0.3) is 12.2 Å². The van der Waals surface area contributed by atoms with Crippen molar-refractivity contribution in [1.29, 1.82) is 0 Å². The van der Waals surface area contributed by atoms with E-state index in [0.29, 0.717) is 34.4 Å². The number of hydrogen-bond acceptors (Lipinski definition) is 8. The average molecular weight is 455 g/mol. The molecule has 0 fully saturated rings. The van der Waals surface area contributed by atoms with Crippen molar-refractivity contribution in [2.45, 2.75) is 4.90 Å². The molecule has 0 atom stereocenters. The summed E-state index contributed by atoms with van der Waals surface area (Å²) in [6.07, 6.45) is 3.77. The van der Waals surface area contributed by atoms with E-state index >= 15 is 0 Å². The molecule has 168 valence electrons. The molecule has 8 heteroatoms. The van der Waals surface area contributed by atoms with Crippen molar-refractivity contribution in [2.75, 3.05) is 38.9 Å². The highest BCUT2D eigenvalue weighted by Crippen LogP contribution is 2.41. The van der Waals surface area contributed by atoms with Gasteiger partial charge >= 0.3 is 0 Å². The fourth-order valence-electron chi connectivity index (χ4n) is 3.03. The second-order valence-electron chi connectivity index (χ2n) is 6.65. The van der Waals surface area contributed by atoms with Crippen LogP contribution in [0, 0.1) is 0 Å². The average Bonchev–Trinajstić information content (AvgIpc) is 2.82. The smallest absolute Gasteiger partial charge is 0.203 e. The van der Waals surface area contributed by atoms with Gasteiger partial charge in [0, 0.05) is 16.1 Å². The minimum atomic E-state index is 0.0162. The Hall–Kier alpha value is -3.65. The van der Waals surface area contributed by atoms with Crippen LogP contribution in [0.1, 0.15) is 11.1 Å². The highest BCUT2D eigenvalue weighted by Gasteiger charge is 2.14. The lowest BCUT2D eigenvalue weighted by Crippen LogP contribution is -1.96. The molecule has 0 saturated heterocycles. The van der Waals surface area contributed by atoms with Crippen molar-refractivity contribution in [3.63, 3.8) is 0 Å². The summed E-state index contributed by atoms with van der Waals surface area (Å²) in [4.78, 5) is 0.945. The lowest BCUT2D eigenvalue weighted by Gasteiger charge is -2.14. The molecule has 0 aliphatic carbocycles. The minimum absolute atomic E-state index is 0.0162. The summed E-state index contributed by atoms with van der Waals surface area (Å²) < 4.78 is 24.7. The fraction of sp³-hybridized carbons (Fsp3) is 0.167. The van der Waals surface area contributed by atoms with E-state index in [2.05, 4.69) is 4.72 Å². The number of nitrogen functional groups attached to an aromatic ring is 1. The molecule has 4 N–H and O–H groups in total. The largest absolute Gasteiger partial charge is 0.503 e. The Bertz CT molecular complexity index is 1080. The van der Waals surface area contributed by atoms with Crippen LogP contribution >= 0.6 is 11.9 Å². The Labute approximate surface area is 191 Å². The van der Waals surface area contributed by atoms with Crippen LogP contribution in [0.2, 0.25) is 0 Å². The first-order chi connectivity index (χ1) is 15.5. The number of benzene rings is 3. The molecule has 32 heavy (non-hydrogen) atoms. The summed E-state index contributed by atoms with van der Waals surface area (Å²) in [5, 5.41) is 10.7. The number of anilines is 2. The van der Waals surface area contributed by atoms with Gasteiger partial charge in [-0.25, -0.2) is 0 Å². The number of rotatable bonds is 9. The topological polar surface area (TPSA) is 95.2 Å². The number of nitrogens with two attached hydrogens (primary N) is 1. The number of nitrogens with one attached hydrogen (secondary N) is 1. The molecule has 0 aromatic heterocycles. The van der Waals surface area contributed by atoms with Gasteiger partial charge in [0.2, 0.25) is 5.75 Å². The van der Waals surface area contributed by atoms with Gasteiger partial charge in [0.25, 0.3) is 0 Å². The minimum Gasteiger partial charge on any atom is -0.503 e. The van der Waals surface area contributed by atoms with Crippen molar-refractivity contribution >= 4 is 35.5 Å². The maximum absolute atomic E-state index is 10.7. The van der Waals surface area contributed by atoms with Crippen LogP contribution in [0.4, 0.5) is 11.4 Å². The van der Waals surface area contributed by atoms with Gasteiger partial charge in [-0.05, 0) is 66.0 Å². The number of phenolic OH excluding ortho intramolecular Hbond substituents is 1. The number of phenols is 1. The predicted molar refractivity (Wildman–Crippen MR) is 130 cm³/mol. The summed E-state index contributed by atoms with van der Waals surface area (Å²) in [6.45, 7) is 0. The third-order valence-corrected chi connectivity index (χ3v) is 5.50. The van der Waals surface area contributed by atoms with E-state index in [9.17, 15) is 5.11 Å². The lowest BCUT2D eigenvalue weighted by molar-refractivity contribution is 0.324. The van der Waals surface area contributed by atoms with Gasteiger partial charge in [-0.15, -0.1) is 0 Å². The third-order valence-electron chi connectivity index (χ3n) is 4.69. The standard InChI is InChI=1S/C24H26N2O5S/c1-28-19-12-7-16(22(23(19)27)26-32-18-10-8-17(25)9-11-18)6-5-15-13-20(29-2)24(31-4)21(14-15)30-3/h5-14,26-27H,25H2,1-4H3/b6-5-. The molecule has 0 bridgehead atoms. The second-order valence-corrected chi connectivity index (χ2v) is 7.53. The zero-order valence-corrected chi connectivity index (χ0v) is 19.2. The van der Waals surface area contributed by atoms with E-state index in [1.807, 2.05) is 54.6 Å². The lowest BCUT2D eigenvalue weighted by atomic mass is 10.1. The van der Waals surface area contributed by atoms with E-state index in [0.717, 1.165) is 16.0 Å². The summed E-state index contributed by atoms with van der Waals surface area (Å²) in [5.41, 5.74) is 8.57. The molecule has 3 rings (SSSR count). The van der Waals surface area contributed by atoms with Gasteiger partial charge in [-0.1, -0.05) is 12.2 Å². The van der Waals surface area contributed by atoms with Gasteiger partial charge in [0.15, 0.2) is 23.0 Å². The summed E-state index contributed by atoms with van der Waals surface area (Å²) >= 11 is 1.36. The molecule has 7 nitrogen and oxygen atoms in total. The number of ether oxygens (including phenoxy) is 4. The predicted octanol–water partition coefficient (Wildman–Crippen LogP) is 5.30. The quantitative estimate of drug-likeness (QED) is 0.174. The van der Waals surface area contributed by atoms with Crippen molar-refractivity contribution < 1.29 is 24.1 Å². The van der Waals surface area contributed by atoms with Crippen molar-refractivity contribution in [3.05, 3.63) is 59.7 Å². The van der Waals surface area contributed by atoms with Gasteiger partial charge in [0.05, 0.1) is 34.1 Å². The Kier molecular flexibility index (Phi) is 7.62. The van der Waals surface area contributed by atoms with E-state index in [-0.39, 0.29) is 5.75 Å². The fourth-order valence-corrected chi connectivity index (χ4v) is 3.73. The molecule has 0 saturated carbocycles. The summed E-state index contributed by atoms with van der Waals surface area (Å²) in [6, 6.07) is 14.7. The summed E-state index contributed by atoms with van der Waals surface area (Å²) in [7, 11) is 6.22. The van der Waals surface area contributed by atoms with Crippen molar-refractivity contribution in [1.82, 2.24) is 0 Å². The molecule has 0 aliphatic heterocycles. The Morgan fingerprint density at radius 1 is 0.812 bits per heavy atom. The van der Waals surface area contributed by atoms with E-state index in [1.165, 1.54) is 19.1 Å². The zero-order chi connectivity index (χ0) is 23.1. The molecule has 0 spiro atoms. The molecular weight excluding hydrogens is 428 g/mol. The van der Waals surface area contributed by atoms with Crippen LogP contribution in [0.3, 0.4) is 0 Å². The Balaban J connectivity index is 1.94. The second kappa shape index (κ2) is 10.6. The molecule has 3 aromatic rings. The molecule has 0 unspecified atom stereocenters. The Morgan fingerprint density at radius 2 is 1.44 bits per heavy atom. The number of hydrogen-bond donors (Lipinski definition) is 3. The zero-order valence-electron chi connectivity index (χ0n) is 18.3. The van der Waals surface area contributed by atoms with Gasteiger partial charge in [-0.3, -0.25) is 0 Å². The van der Waals surface area contributed by atoms with E-state index in [1.54, 1.807) is 27.4 Å². The monoisotopic (exact) mass is 454 g/mol. The van der Waals surface area contributed by atoms with Crippen molar-refractivity contribution in [3.8, 4) is 28.7 Å². The molecule has 0 radical (unpaired) electrons. The van der Waals surface area contributed by atoms with Crippen LogP contribution < -0.4 is 29.4 Å². The molecule has 0 aliphatic rings. The highest BCUT2D eigenvalue weighted by molar-refractivity contribution is 8.00. The van der Waals surface area contributed by atoms with Gasteiger partial charge in [-0.2, -0.15) is 0 Å². The first-order valence-electron chi connectivity index (χ1n) is 9.67. The third kappa shape index (κ3) is 5.15. The molecular formula is C24H26N2O5S. The van der Waals surface area contributed by atoms with Gasteiger partial charge in [0.1, 0.15) is 0 Å². The molecule has 0 amide bonds. The molecule has 0 heterocycles. The molecule has 3 aromatic carbocycles. The maximum atomic E-state index is 10.7. The Morgan fingerprint density at radius 3 is 2.00 bits per heavy atom. The van der Waals surface area contributed by atoms with Crippen LogP contribution in [0.15, 0.2) is 53.4 Å². The van der Waals surface area contributed by atoms with Crippen LogP contribution in [-0.2, 0) is 0 Å². The van der Waals surface area contributed by atoms with E-state index in [4.69, 9.17) is 24.7 Å². The highest BCUT2D eigenvalue weighted by atomic mass is 32.2. The van der Waals surface area contributed by atoms with Crippen LogP contribution in [0.5, 0.6) is 28.7 Å². The number of methoxy groups -OCH3 is 4. The SMILES string of the molecule is COc1ccc(/C=C\c2cc(OC)c(OC)c(OC)c2)c(NSc2ccc(N)cc2)c1O. The van der Waals surface area contributed by atoms with Crippen LogP contribution in [-0.4, -0.2) is 33.5 Å². The maximum Gasteiger partial charge on any atom is 0.203 e.